The van der Waals surface area contributed by atoms with Gasteiger partial charge in [-0.25, -0.2) is 0 Å². The molecule has 0 aromatic carbocycles. The Bertz CT molecular complexity index is 187. The van der Waals surface area contributed by atoms with E-state index in [1.807, 2.05) is 0 Å². The standard InChI is InChI=1S/C12H21BrO/c1-10(9-13)8-11-4-7-12(14-11)5-2-3-6-12/h10-11H,2-9H2,1H3. The van der Waals surface area contributed by atoms with E-state index in [1.54, 1.807) is 0 Å². The smallest absolute Gasteiger partial charge is 0.0687 e. The maximum atomic E-state index is 6.26. The molecule has 82 valence electrons. The van der Waals surface area contributed by atoms with Crippen molar-refractivity contribution in [3.63, 3.8) is 0 Å². The van der Waals surface area contributed by atoms with Gasteiger partial charge in [-0.3, -0.25) is 0 Å². The topological polar surface area (TPSA) is 9.23 Å². The van der Waals surface area contributed by atoms with Crippen molar-refractivity contribution in [2.24, 2.45) is 5.92 Å². The van der Waals surface area contributed by atoms with Crippen LogP contribution in [0.25, 0.3) is 0 Å². The molecular weight excluding hydrogens is 240 g/mol. The third-order valence-electron chi connectivity index (χ3n) is 3.78. The largest absolute Gasteiger partial charge is 0.372 e. The normalized spacial score (nSPS) is 32.6. The highest BCUT2D eigenvalue weighted by Crippen LogP contribution is 2.44. The predicted molar refractivity (Wildman–Crippen MR) is 62.9 cm³/mol. The molecule has 1 aliphatic heterocycles. The van der Waals surface area contributed by atoms with Gasteiger partial charge in [0.05, 0.1) is 11.7 Å². The van der Waals surface area contributed by atoms with Gasteiger partial charge in [-0.1, -0.05) is 35.7 Å². The highest BCUT2D eigenvalue weighted by molar-refractivity contribution is 9.09. The maximum absolute atomic E-state index is 6.26. The predicted octanol–water partition coefficient (Wildman–Crippen LogP) is 3.90. The fourth-order valence-electron chi connectivity index (χ4n) is 2.96. The second-order valence-corrected chi connectivity index (χ2v) is 5.81. The van der Waals surface area contributed by atoms with Crippen LogP contribution in [0.4, 0.5) is 0 Å². The van der Waals surface area contributed by atoms with Crippen molar-refractivity contribution in [1.82, 2.24) is 0 Å². The number of hydrogen-bond acceptors (Lipinski definition) is 1. The molecule has 2 heteroatoms. The summed E-state index contributed by atoms with van der Waals surface area (Å²) in [6, 6.07) is 0. The summed E-state index contributed by atoms with van der Waals surface area (Å²) >= 11 is 3.54. The van der Waals surface area contributed by atoms with Crippen LogP contribution in [0, 0.1) is 5.92 Å². The average molecular weight is 261 g/mol. The van der Waals surface area contributed by atoms with Crippen LogP contribution in [-0.4, -0.2) is 17.0 Å². The minimum atomic E-state index is 0.330. The summed E-state index contributed by atoms with van der Waals surface area (Å²) in [6.45, 7) is 2.30. The molecule has 1 saturated carbocycles. The van der Waals surface area contributed by atoms with Crippen LogP contribution in [-0.2, 0) is 4.74 Å². The molecule has 0 radical (unpaired) electrons. The first-order chi connectivity index (χ1) is 6.74. The van der Waals surface area contributed by atoms with Crippen molar-refractivity contribution in [3.05, 3.63) is 0 Å². The summed E-state index contributed by atoms with van der Waals surface area (Å²) in [4.78, 5) is 0. The Morgan fingerprint density at radius 2 is 2.07 bits per heavy atom. The highest BCUT2D eigenvalue weighted by Gasteiger charge is 2.42. The summed E-state index contributed by atoms with van der Waals surface area (Å²) in [6.07, 6.45) is 9.86. The molecule has 2 unspecified atom stereocenters. The first-order valence-electron chi connectivity index (χ1n) is 5.98. The molecule has 2 rings (SSSR count). The van der Waals surface area contributed by atoms with Gasteiger partial charge in [-0.15, -0.1) is 0 Å². The van der Waals surface area contributed by atoms with Crippen LogP contribution in [0.1, 0.15) is 51.9 Å². The minimum absolute atomic E-state index is 0.330. The Balaban J connectivity index is 1.82. The minimum Gasteiger partial charge on any atom is -0.372 e. The molecule has 0 aromatic heterocycles. The molecule has 2 aliphatic rings. The van der Waals surface area contributed by atoms with E-state index in [4.69, 9.17) is 4.74 Å². The zero-order valence-corrected chi connectivity index (χ0v) is 10.7. The number of hydrogen-bond donors (Lipinski definition) is 0. The molecular formula is C12H21BrO. The van der Waals surface area contributed by atoms with E-state index in [9.17, 15) is 0 Å². The average Bonchev–Trinajstić information content (AvgIpc) is 2.78. The van der Waals surface area contributed by atoms with E-state index in [0.29, 0.717) is 11.7 Å². The molecule has 1 nitrogen and oxygen atoms in total. The van der Waals surface area contributed by atoms with Crippen LogP contribution >= 0.6 is 15.9 Å². The van der Waals surface area contributed by atoms with Gasteiger partial charge in [-0.05, 0) is 38.0 Å². The summed E-state index contributed by atoms with van der Waals surface area (Å²) in [5.41, 5.74) is 0.330. The lowest BCUT2D eigenvalue weighted by Crippen LogP contribution is -2.25. The maximum Gasteiger partial charge on any atom is 0.0687 e. The van der Waals surface area contributed by atoms with Crippen LogP contribution in [0.5, 0.6) is 0 Å². The molecule has 2 fully saturated rings. The van der Waals surface area contributed by atoms with E-state index >= 15 is 0 Å². The van der Waals surface area contributed by atoms with E-state index in [2.05, 4.69) is 22.9 Å². The van der Waals surface area contributed by atoms with Gasteiger partial charge in [-0.2, -0.15) is 0 Å². The van der Waals surface area contributed by atoms with E-state index in [0.717, 1.165) is 11.2 Å². The number of rotatable bonds is 3. The van der Waals surface area contributed by atoms with Crippen molar-refractivity contribution in [3.8, 4) is 0 Å². The molecule has 0 amide bonds. The summed E-state index contributed by atoms with van der Waals surface area (Å²) in [7, 11) is 0. The van der Waals surface area contributed by atoms with Crippen molar-refractivity contribution in [1.29, 1.82) is 0 Å². The van der Waals surface area contributed by atoms with Gasteiger partial charge >= 0.3 is 0 Å². The summed E-state index contributed by atoms with van der Waals surface area (Å²) in [5, 5.41) is 1.11. The Morgan fingerprint density at radius 3 is 2.71 bits per heavy atom. The number of halogens is 1. The first kappa shape index (κ1) is 10.9. The van der Waals surface area contributed by atoms with Gasteiger partial charge in [0.2, 0.25) is 0 Å². The Hall–Kier alpha value is 0.440. The van der Waals surface area contributed by atoms with Crippen molar-refractivity contribution >= 4 is 15.9 Å². The summed E-state index contributed by atoms with van der Waals surface area (Å²) in [5.74, 6) is 0.761. The summed E-state index contributed by atoms with van der Waals surface area (Å²) < 4.78 is 6.26. The number of alkyl halides is 1. The molecule has 1 spiro atoms. The monoisotopic (exact) mass is 260 g/mol. The molecule has 0 aromatic rings. The Labute approximate surface area is 95.7 Å². The fourth-order valence-corrected chi connectivity index (χ4v) is 3.22. The van der Waals surface area contributed by atoms with Crippen LogP contribution in [0.2, 0.25) is 0 Å². The molecule has 1 heterocycles. The molecule has 0 N–H and O–H groups in total. The van der Waals surface area contributed by atoms with Crippen molar-refractivity contribution < 1.29 is 4.74 Å². The zero-order chi connectivity index (χ0) is 10.0. The molecule has 0 bridgehead atoms. The molecule has 2 atom stereocenters. The number of ether oxygens (including phenoxy) is 1. The van der Waals surface area contributed by atoms with Crippen LogP contribution < -0.4 is 0 Å². The van der Waals surface area contributed by atoms with Gasteiger partial charge in [0, 0.05) is 5.33 Å². The zero-order valence-electron chi connectivity index (χ0n) is 9.10. The Kier molecular flexibility index (Phi) is 3.54. The lowest BCUT2D eigenvalue weighted by Gasteiger charge is -2.24. The highest BCUT2D eigenvalue weighted by atomic mass is 79.9. The SMILES string of the molecule is CC(CBr)CC1CCC2(CCCC2)O1. The second kappa shape index (κ2) is 4.52. The van der Waals surface area contributed by atoms with Gasteiger partial charge < -0.3 is 4.74 Å². The van der Waals surface area contributed by atoms with E-state index in [-0.39, 0.29) is 0 Å². The molecule has 1 aliphatic carbocycles. The first-order valence-corrected chi connectivity index (χ1v) is 7.10. The Morgan fingerprint density at radius 1 is 1.36 bits per heavy atom. The molecule has 14 heavy (non-hydrogen) atoms. The molecule has 1 saturated heterocycles. The van der Waals surface area contributed by atoms with Crippen LogP contribution in [0.15, 0.2) is 0 Å². The van der Waals surface area contributed by atoms with Gasteiger partial charge in [0.15, 0.2) is 0 Å². The van der Waals surface area contributed by atoms with Crippen molar-refractivity contribution in [2.75, 3.05) is 5.33 Å². The quantitative estimate of drug-likeness (QED) is 0.700. The second-order valence-electron chi connectivity index (χ2n) is 5.16. The third-order valence-corrected chi connectivity index (χ3v) is 4.89. The van der Waals surface area contributed by atoms with Gasteiger partial charge in [0.1, 0.15) is 0 Å². The van der Waals surface area contributed by atoms with Gasteiger partial charge in [0.25, 0.3) is 0 Å². The van der Waals surface area contributed by atoms with E-state index in [1.165, 1.54) is 44.9 Å². The van der Waals surface area contributed by atoms with Crippen molar-refractivity contribution in [2.45, 2.75) is 63.6 Å². The lowest BCUT2D eigenvalue weighted by atomic mass is 9.97. The fraction of sp³-hybridized carbons (Fsp3) is 1.00. The van der Waals surface area contributed by atoms with E-state index < -0.39 is 0 Å². The third kappa shape index (κ3) is 2.33. The lowest BCUT2D eigenvalue weighted by molar-refractivity contribution is -0.0424. The van der Waals surface area contributed by atoms with Crippen LogP contribution in [0.3, 0.4) is 0 Å².